The predicted molar refractivity (Wildman–Crippen MR) is 63.6 cm³/mol. The summed E-state index contributed by atoms with van der Waals surface area (Å²) in [5, 5.41) is 0. The van der Waals surface area contributed by atoms with Crippen LogP contribution in [-0.4, -0.2) is 37.7 Å². The van der Waals surface area contributed by atoms with E-state index in [1.165, 1.54) is 4.31 Å². The number of piperidine rings is 1. The highest BCUT2D eigenvalue weighted by molar-refractivity contribution is 7.89. The summed E-state index contributed by atoms with van der Waals surface area (Å²) in [6.45, 7) is 4.86. The predicted octanol–water partition coefficient (Wildman–Crippen LogP) is 2.64. The zero-order chi connectivity index (χ0) is 14.0. The molecule has 1 fully saturated rings. The SMILES string of the molecule is CC(C)C1CCN(S(=O)(=O)CCC(F)(F)F)CC1. The van der Waals surface area contributed by atoms with Gasteiger partial charge in [-0.2, -0.15) is 13.2 Å². The summed E-state index contributed by atoms with van der Waals surface area (Å²) in [5.41, 5.74) is 0. The topological polar surface area (TPSA) is 37.4 Å². The van der Waals surface area contributed by atoms with E-state index < -0.39 is 28.4 Å². The van der Waals surface area contributed by atoms with Crippen molar-refractivity contribution in [3.05, 3.63) is 0 Å². The Hall–Kier alpha value is -0.300. The van der Waals surface area contributed by atoms with Crippen LogP contribution in [0.15, 0.2) is 0 Å². The van der Waals surface area contributed by atoms with Gasteiger partial charge in [-0.05, 0) is 24.7 Å². The Bertz CT molecular complexity index is 357. The van der Waals surface area contributed by atoms with Gasteiger partial charge in [-0.3, -0.25) is 0 Å². The van der Waals surface area contributed by atoms with Crippen LogP contribution in [0, 0.1) is 11.8 Å². The molecule has 0 unspecified atom stereocenters. The zero-order valence-corrected chi connectivity index (χ0v) is 11.5. The van der Waals surface area contributed by atoms with Gasteiger partial charge in [0.15, 0.2) is 0 Å². The molecule has 0 saturated carbocycles. The second-order valence-corrected chi connectivity index (χ2v) is 7.25. The van der Waals surface area contributed by atoms with Crippen LogP contribution >= 0.6 is 0 Å². The Morgan fingerprint density at radius 2 is 1.72 bits per heavy atom. The molecule has 18 heavy (non-hydrogen) atoms. The highest BCUT2D eigenvalue weighted by Crippen LogP contribution is 2.27. The lowest BCUT2D eigenvalue weighted by Gasteiger charge is -2.33. The molecule has 0 aliphatic carbocycles. The largest absolute Gasteiger partial charge is 0.390 e. The van der Waals surface area contributed by atoms with Gasteiger partial charge in [0.1, 0.15) is 0 Å². The molecule has 1 rings (SSSR count). The van der Waals surface area contributed by atoms with Gasteiger partial charge < -0.3 is 0 Å². The van der Waals surface area contributed by atoms with Gasteiger partial charge in [0.05, 0.1) is 12.2 Å². The van der Waals surface area contributed by atoms with Crippen molar-refractivity contribution < 1.29 is 21.6 Å². The zero-order valence-electron chi connectivity index (χ0n) is 10.7. The lowest BCUT2D eigenvalue weighted by atomic mass is 9.87. The van der Waals surface area contributed by atoms with Crippen LogP contribution in [0.1, 0.15) is 33.1 Å². The van der Waals surface area contributed by atoms with E-state index in [1.54, 1.807) is 0 Å². The van der Waals surface area contributed by atoms with Crippen LogP contribution in [0.5, 0.6) is 0 Å². The number of nitrogens with zero attached hydrogens (tertiary/aromatic N) is 1. The smallest absolute Gasteiger partial charge is 0.212 e. The molecule has 1 aliphatic rings. The number of alkyl halides is 3. The molecule has 3 nitrogen and oxygen atoms in total. The number of sulfonamides is 1. The van der Waals surface area contributed by atoms with E-state index in [9.17, 15) is 21.6 Å². The Morgan fingerprint density at radius 1 is 1.22 bits per heavy atom. The fourth-order valence-electron chi connectivity index (χ4n) is 2.19. The van der Waals surface area contributed by atoms with E-state index in [0.29, 0.717) is 24.9 Å². The summed E-state index contributed by atoms with van der Waals surface area (Å²) in [7, 11) is -3.75. The summed E-state index contributed by atoms with van der Waals surface area (Å²) in [4.78, 5) is 0. The first-order valence-electron chi connectivity index (χ1n) is 6.16. The van der Waals surface area contributed by atoms with Crippen LogP contribution in [0.2, 0.25) is 0 Å². The van der Waals surface area contributed by atoms with Crippen LogP contribution in [0.3, 0.4) is 0 Å². The van der Waals surface area contributed by atoms with Crippen LogP contribution in [-0.2, 0) is 10.0 Å². The van der Waals surface area contributed by atoms with Gasteiger partial charge in [0, 0.05) is 13.1 Å². The molecule has 0 atom stereocenters. The molecule has 0 spiro atoms. The first-order valence-corrected chi connectivity index (χ1v) is 7.77. The maximum atomic E-state index is 12.0. The number of rotatable bonds is 4. The molecule has 0 aromatic rings. The summed E-state index contributed by atoms with van der Waals surface area (Å²) >= 11 is 0. The van der Waals surface area contributed by atoms with E-state index in [-0.39, 0.29) is 0 Å². The minimum Gasteiger partial charge on any atom is -0.212 e. The van der Waals surface area contributed by atoms with Crippen molar-refractivity contribution in [3.8, 4) is 0 Å². The Balaban J connectivity index is 2.51. The number of hydrogen-bond donors (Lipinski definition) is 0. The Morgan fingerprint density at radius 3 is 2.11 bits per heavy atom. The van der Waals surface area contributed by atoms with Crippen LogP contribution in [0.4, 0.5) is 13.2 Å². The molecule has 0 aromatic heterocycles. The average molecular weight is 287 g/mol. The standard InChI is InChI=1S/C11H20F3NO2S/c1-9(2)10-3-6-15(7-4-10)18(16,17)8-5-11(12,13)14/h9-10H,3-8H2,1-2H3. The van der Waals surface area contributed by atoms with Gasteiger partial charge in [-0.15, -0.1) is 0 Å². The van der Waals surface area contributed by atoms with E-state index in [1.807, 2.05) is 0 Å². The van der Waals surface area contributed by atoms with E-state index in [0.717, 1.165) is 12.8 Å². The molecule has 7 heteroatoms. The molecule has 0 radical (unpaired) electrons. The molecular weight excluding hydrogens is 267 g/mol. The third-order valence-electron chi connectivity index (χ3n) is 3.48. The van der Waals surface area contributed by atoms with Crippen molar-refractivity contribution in [3.63, 3.8) is 0 Å². The number of halogens is 3. The Labute approximate surface area is 106 Å². The molecule has 0 N–H and O–H groups in total. The summed E-state index contributed by atoms with van der Waals surface area (Å²) in [6, 6.07) is 0. The Kier molecular flexibility index (Phi) is 5.05. The van der Waals surface area contributed by atoms with Crippen molar-refractivity contribution >= 4 is 10.0 Å². The van der Waals surface area contributed by atoms with Gasteiger partial charge in [0.25, 0.3) is 0 Å². The average Bonchev–Trinajstić information content (AvgIpc) is 2.26. The van der Waals surface area contributed by atoms with E-state index in [4.69, 9.17) is 0 Å². The molecule has 108 valence electrons. The molecule has 1 aliphatic heterocycles. The molecule has 1 saturated heterocycles. The minimum absolute atomic E-state index is 0.350. The summed E-state index contributed by atoms with van der Waals surface area (Å²) < 4.78 is 60.8. The first-order chi connectivity index (χ1) is 8.12. The fourth-order valence-corrected chi connectivity index (χ4v) is 3.71. The lowest BCUT2D eigenvalue weighted by molar-refractivity contribution is -0.130. The third-order valence-corrected chi connectivity index (χ3v) is 5.35. The van der Waals surface area contributed by atoms with Crippen molar-refractivity contribution in [2.45, 2.75) is 39.3 Å². The van der Waals surface area contributed by atoms with Crippen molar-refractivity contribution in [1.29, 1.82) is 0 Å². The van der Waals surface area contributed by atoms with Crippen molar-refractivity contribution in [2.75, 3.05) is 18.8 Å². The number of hydrogen-bond acceptors (Lipinski definition) is 2. The van der Waals surface area contributed by atoms with E-state index >= 15 is 0 Å². The maximum Gasteiger partial charge on any atom is 0.390 e. The molecule has 1 heterocycles. The monoisotopic (exact) mass is 287 g/mol. The molecule has 0 aromatic carbocycles. The van der Waals surface area contributed by atoms with Crippen molar-refractivity contribution in [2.24, 2.45) is 11.8 Å². The van der Waals surface area contributed by atoms with Crippen LogP contribution in [0.25, 0.3) is 0 Å². The quantitative estimate of drug-likeness (QED) is 0.797. The first kappa shape index (κ1) is 15.8. The second kappa shape index (κ2) is 5.77. The van der Waals surface area contributed by atoms with Gasteiger partial charge in [0.2, 0.25) is 10.0 Å². The second-order valence-electron chi connectivity index (χ2n) is 5.16. The van der Waals surface area contributed by atoms with Gasteiger partial charge >= 0.3 is 6.18 Å². The maximum absolute atomic E-state index is 12.0. The normalized spacial score (nSPS) is 20.6. The van der Waals surface area contributed by atoms with Gasteiger partial charge in [-0.1, -0.05) is 13.8 Å². The highest BCUT2D eigenvalue weighted by Gasteiger charge is 2.34. The lowest BCUT2D eigenvalue weighted by Crippen LogP contribution is -2.41. The molecule has 0 bridgehead atoms. The third kappa shape index (κ3) is 4.76. The van der Waals surface area contributed by atoms with Gasteiger partial charge in [-0.25, -0.2) is 12.7 Å². The molecular formula is C11H20F3NO2S. The highest BCUT2D eigenvalue weighted by atomic mass is 32.2. The van der Waals surface area contributed by atoms with E-state index in [2.05, 4.69) is 13.8 Å². The molecule has 0 amide bonds. The minimum atomic E-state index is -4.41. The summed E-state index contributed by atoms with van der Waals surface area (Å²) in [5.74, 6) is 0.132. The summed E-state index contributed by atoms with van der Waals surface area (Å²) in [6.07, 6.45) is -4.20. The van der Waals surface area contributed by atoms with Crippen LogP contribution < -0.4 is 0 Å². The van der Waals surface area contributed by atoms with Crippen molar-refractivity contribution in [1.82, 2.24) is 4.31 Å². The fraction of sp³-hybridized carbons (Fsp3) is 1.00.